The van der Waals surface area contributed by atoms with Crippen molar-refractivity contribution in [1.29, 1.82) is 0 Å². The molecule has 0 aromatic carbocycles. The molecule has 0 atom stereocenters. The standard InChI is InChI=1S/C7H15NSi/c1-5-6-7(8)9(2,3)4/h5-6H,1,8H2,2-4H3. The van der Waals surface area contributed by atoms with Crippen molar-refractivity contribution in [3.8, 4) is 0 Å². The molecule has 0 unspecified atom stereocenters. The third-order valence-corrected chi connectivity index (χ3v) is 3.06. The second-order valence-corrected chi connectivity index (χ2v) is 8.19. The van der Waals surface area contributed by atoms with Gasteiger partial charge < -0.3 is 5.73 Å². The van der Waals surface area contributed by atoms with E-state index in [4.69, 9.17) is 5.73 Å². The molecule has 0 rings (SSSR count). The van der Waals surface area contributed by atoms with Crippen molar-refractivity contribution >= 4 is 8.07 Å². The van der Waals surface area contributed by atoms with Crippen LogP contribution in [-0.4, -0.2) is 8.07 Å². The molecule has 2 N–H and O–H groups in total. The van der Waals surface area contributed by atoms with Gasteiger partial charge in [-0.05, 0) is 11.4 Å². The van der Waals surface area contributed by atoms with Crippen LogP contribution in [-0.2, 0) is 0 Å². The molecule has 0 aliphatic heterocycles. The van der Waals surface area contributed by atoms with Crippen LogP contribution in [0.1, 0.15) is 0 Å². The summed E-state index contributed by atoms with van der Waals surface area (Å²) >= 11 is 0. The van der Waals surface area contributed by atoms with Crippen LogP contribution in [0, 0.1) is 0 Å². The molecule has 9 heavy (non-hydrogen) atoms. The molecule has 0 heterocycles. The molecule has 0 aliphatic rings. The molecule has 0 fully saturated rings. The van der Waals surface area contributed by atoms with Crippen LogP contribution >= 0.6 is 0 Å². The zero-order valence-electron chi connectivity index (χ0n) is 6.44. The molecular formula is C7H15NSi. The number of hydrogen-bond acceptors (Lipinski definition) is 1. The fourth-order valence-electron chi connectivity index (χ4n) is 0.377. The predicted octanol–water partition coefficient (Wildman–Crippen LogP) is 1.89. The molecule has 0 aromatic heterocycles. The normalized spacial score (nSPS) is 13.4. The lowest BCUT2D eigenvalue weighted by atomic mass is 10.6. The summed E-state index contributed by atoms with van der Waals surface area (Å²) < 4.78 is 0. The Bertz CT molecular complexity index is 130. The Morgan fingerprint density at radius 2 is 1.89 bits per heavy atom. The minimum absolute atomic E-state index is 1.01. The maximum atomic E-state index is 5.71. The van der Waals surface area contributed by atoms with E-state index < -0.39 is 8.07 Å². The highest BCUT2D eigenvalue weighted by molar-refractivity contribution is 6.82. The van der Waals surface area contributed by atoms with Gasteiger partial charge in [0.05, 0.1) is 8.07 Å². The number of nitrogens with two attached hydrogens (primary N) is 1. The maximum absolute atomic E-state index is 5.71. The second-order valence-electron chi connectivity index (χ2n) is 3.11. The van der Waals surface area contributed by atoms with E-state index in [1.165, 1.54) is 0 Å². The summed E-state index contributed by atoms with van der Waals surface area (Å²) in [5, 5.41) is 1.01. The van der Waals surface area contributed by atoms with Gasteiger partial charge in [0.1, 0.15) is 0 Å². The number of hydrogen-bond donors (Lipinski definition) is 1. The molecule has 0 saturated carbocycles. The topological polar surface area (TPSA) is 26.0 Å². The van der Waals surface area contributed by atoms with E-state index in [9.17, 15) is 0 Å². The van der Waals surface area contributed by atoms with Crippen molar-refractivity contribution in [3.63, 3.8) is 0 Å². The van der Waals surface area contributed by atoms with Gasteiger partial charge in [0.15, 0.2) is 0 Å². The summed E-state index contributed by atoms with van der Waals surface area (Å²) in [4.78, 5) is 0. The van der Waals surface area contributed by atoms with Crippen molar-refractivity contribution in [1.82, 2.24) is 0 Å². The Labute approximate surface area is 58.3 Å². The van der Waals surface area contributed by atoms with Crippen molar-refractivity contribution < 1.29 is 0 Å². The van der Waals surface area contributed by atoms with Gasteiger partial charge in [-0.2, -0.15) is 0 Å². The number of allylic oxidation sites excluding steroid dienone is 2. The summed E-state index contributed by atoms with van der Waals surface area (Å²) in [6, 6.07) is 0. The van der Waals surface area contributed by atoms with Crippen LogP contribution in [0.4, 0.5) is 0 Å². The first-order chi connectivity index (χ1) is 3.98. The lowest BCUT2D eigenvalue weighted by molar-refractivity contribution is 1.44. The molecule has 0 amide bonds. The second kappa shape index (κ2) is 2.87. The van der Waals surface area contributed by atoms with Crippen LogP contribution < -0.4 is 5.73 Å². The Hall–Kier alpha value is -0.503. The van der Waals surface area contributed by atoms with Crippen LogP contribution in [0.2, 0.25) is 19.6 Å². The summed E-state index contributed by atoms with van der Waals surface area (Å²) in [6.07, 6.45) is 3.64. The Morgan fingerprint density at radius 3 is 2.00 bits per heavy atom. The Morgan fingerprint density at radius 1 is 1.44 bits per heavy atom. The zero-order valence-corrected chi connectivity index (χ0v) is 7.44. The van der Waals surface area contributed by atoms with Gasteiger partial charge in [0.2, 0.25) is 0 Å². The highest BCUT2D eigenvalue weighted by Crippen LogP contribution is 2.07. The highest BCUT2D eigenvalue weighted by atomic mass is 28.3. The fraction of sp³-hybridized carbons (Fsp3) is 0.429. The first kappa shape index (κ1) is 8.50. The van der Waals surface area contributed by atoms with Gasteiger partial charge in [0, 0.05) is 0 Å². The number of rotatable bonds is 2. The first-order valence-electron chi connectivity index (χ1n) is 3.07. The minimum Gasteiger partial charge on any atom is -0.406 e. The van der Waals surface area contributed by atoms with E-state index >= 15 is 0 Å². The van der Waals surface area contributed by atoms with Crippen LogP contribution in [0.15, 0.2) is 24.1 Å². The van der Waals surface area contributed by atoms with E-state index in [1.54, 1.807) is 6.08 Å². The average molecular weight is 141 g/mol. The van der Waals surface area contributed by atoms with Crippen molar-refractivity contribution in [2.24, 2.45) is 5.73 Å². The molecule has 0 aliphatic carbocycles. The third-order valence-electron chi connectivity index (χ3n) is 1.16. The van der Waals surface area contributed by atoms with Crippen molar-refractivity contribution in [2.75, 3.05) is 0 Å². The zero-order chi connectivity index (χ0) is 7.49. The molecule has 52 valence electrons. The van der Waals surface area contributed by atoms with E-state index in [0.717, 1.165) is 5.32 Å². The minimum atomic E-state index is -1.21. The molecular weight excluding hydrogens is 126 g/mol. The Balaban J connectivity index is 4.19. The summed E-state index contributed by atoms with van der Waals surface area (Å²) in [5.41, 5.74) is 5.71. The lowest BCUT2D eigenvalue weighted by Crippen LogP contribution is -2.29. The molecule has 2 heteroatoms. The van der Waals surface area contributed by atoms with Gasteiger partial charge in [-0.3, -0.25) is 0 Å². The van der Waals surface area contributed by atoms with Crippen LogP contribution in [0.3, 0.4) is 0 Å². The largest absolute Gasteiger partial charge is 0.406 e. The predicted molar refractivity (Wildman–Crippen MR) is 45.8 cm³/mol. The lowest BCUT2D eigenvalue weighted by Gasteiger charge is -2.15. The van der Waals surface area contributed by atoms with Gasteiger partial charge >= 0.3 is 0 Å². The first-order valence-corrected chi connectivity index (χ1v) is 6.57. The molecule has 0 radical (unpaired) electrons. The van der Waals surface area contributed by atoms with Crippen molar-refractivity contribution in [3.05, 3.63) is 24.1 Å². The third kappa shape index (κ3) is 3.14. The average Bonchev–Trinajstić information content (AvgIpc) is 1.64. The van der Waals surface area contributed by atoms with E-state index in [-0.39, 0.29) is 0 Å². The summed E-state index contributed by atoms with van der Waals surface area (Å²) in [5.74, 6) is 0. The quantitative estimate of drug-likeness (QED) is 0.461. The van der Waals surface area contributed by atoms with Crippen molar-refractivity contribution in [2.45, 2.75) is 19.6 Å². The van der Waals surface area contributed by atoms with Crippen LogP contribution in [0.25, 0.3) is 0 Å². The SMILES string of the molecule is C=CC=C(N)[Si](C)(C)C. The van der Waals surface area contributed by atoms with Gasteiger partial charge in [-0.1, -0.05) is 32.3 Å². The summed E-state index contributed by atoms with van der Waals surface area (Å²) in [7, 11) is -1.21. The molecule has 1 nitrogen and oxygen atoms in total. The van der Waals surface area contributed by atoms with Gasteiger partial charge in [-0.25, -0.2) is 0 Å². The highest BCUT2D eigenvalue weighted by Gasteiger charge is 2.14. The van der Waals surface area contributed by atoms with E-state index in [0.29, 0.717) is 0 Å². The maximum Gasteiger partial charge on any atom is 0.0974 e. The molecule has 0 aromatic rings. The molecule has 0 spiro atoms. The van der Waals surface area contributed by atoms with E-state index in [1.807, 2.05) is 6.08 Å². The summed E-state index contributed by atoms with van der Waals surface area (Å²) in [6.45, 7) is 10.2. The monoisotopic (exact) mass is 141 g/mol. The van der Waals surface area contributed by atoms with E-state index in [2.05, 4.69) is 26.2 Å². The van der Waals surface area contributed by atoms with Gasteiger partial charge in [-0.15, -0.1) is 0 Å². The molecule has 0 saturated heterocycles. The Kier molecular flexibility index (Phi) is 2.71. The van der Waals surface area contributed by atoms with Crippen LogP contribution in [0.5, 0.6) is 0 Å². The molecule has 0 bridgehead atoms. The van der Waals surface area contributed by atoms with Gasteiger partial charge in [0.25, 0.3) is 0 Å². The smallest absolute Gasteiger partial charge is 0.0974 e. The fourth-order valence-corrected chi connectivity index (χ4v) is 0.995.